The smallest absolute Gasteiger partial charge is 0.127 e. The van der Waals surface area contributed by atoms with Gasteiger partial charge in [-0.2, -0.15) is 5.10 Å². The minimum Gasteiger partial charge on any atom is -0.497 e. The topological polar surface area (TPSA) is 51.6 Å². The van der Waals surface area contributed by atoms with E-state index >= 15 is 0 Å². The maximum Gasteiger partial charge on any atom is 0.127 e. The number of aromatic nitrogens is 2. The van der Waals surface area contributed by atoms with Crippen molar-refractivity contribution in [1.29, 1.82) is 0 Å². The number of hydrogen-bond donors (Lipinski definition) is 1. The lowest BCUT2D eigenvalue weighted by Crippen LogP contribution is -2.33. The van der Waals surface area contributed by atoms with Gasteiger partial charge in [-0.05, 0) is 33.0 Å². The van der Waals surface area contributed by atoms with Gasteiger partial charge >= 0.3 is 0 Å². The molecule has 1 N–H and O–H groups in total. The minimum absolute atomic E-state index is 0.277. The van der Waals surface area contributed by atoms with Crippen molar-refractivity contribution in [1.82, 2.24) is 20.0 Å². The van der Waals surface area contributed by atoms with E-state index in [1.807, 2.05) is 30.1 Å². The van der Waals surface area contributed by atoms with Crippen LogP contribution in [0.15, 0.2) is 30.6 Å². The Morgan fingerprint density at radius 2 is 2.28 bits per heavy atom. The van der Waals surface area contributed by atoms with Crippen LogP contribution in [0.3, 0.4) is 0 Å². The Kier molecular flexibility index (Phi) is 5.60. The van der Waals surface area contributed by atoms with Crippen molar-refractivity contribution in [3.63, 3.8) is 0 Å². The van der Waals surface area contributed by atoms with Crippen LogP contribution < -0.4 is 14.8 Å². The monoisotopic (exact) mass is 344 g/mol. The number of methoxy groups -OCH3 is 1. The molecular weight excluding hydrogens is 316 g/mol. The lowest BCUT2D eigenvalue weighted by molar-refractivity contribution is 0.276. The molecule has 0 amide bonds. The molecule has 2 heterocycles. The zero-order valence-corrected chi connectivity index (χ0v) is 15.5. The van der Waals surface area contributed by atoms with E-state index < -0.39 is 0 Å². The number of benzene rings is 1. The van der Waals surface area contributed by atoms with Gasteiger partial charge in [0.25, 0.3) is 0 Å². The van der Waals surface area contributed by atoms with Gasteiger partial charge in [0.2, 0.25) is 0 Å². The Morgan fingerprint density at radius 1 is 1.44 bits per heavy atom. The first-order chi connectivity index (χ1) is 12.1. The number of nitrogens with zero attached hydrogens (tertiary/aromatic N) is 3. The Labute approximate surface area is 149 Å². The Bertz CT molecular complexity index is 698. The third-order valence-corrected chi connectivity index (χ3v) is 4.78. The second-order valence-corrected chi connectivity index (χ2v) is 6.78. The van der Waals surface area contributed by atoms with Crippen molar-refractivity contribution in [2.75, 3.05) is 34.4 Å². The first-order valence-electron chi connectivity index (χ1n) is 8.77. The van der Waals surface area contributed by atoms with Crippen LogP contribution in [-0.4, -0.2) is 49.0 Å². The van der Waals surface area contributed by atoms with Crippen molar-refractivity contribution < 1.29 is 9.47 Å². The Balaban J connectivity index is 1.75. The van der Waals surface area contributed by atoms with Gasteiger partial charge in [-0.3, -0.25) is 4.68 Å². The summed E-state index contributed by atoms with van der Waals surface area (Å²) in [6.45, 7) is 1.60. The molecule has 6 heteroatoms. The molecule has 0 unspecified atom stereocenters. The fraction of sp³-hybridized carbons (Fsp3) is 0.526. The van der Waals surface area contributed by atoms with Gasteiger partial charge in [-0.15, -0.1) is 0 Å². The van der Waals surface area contributed by atoms with E-state index in [4.69, 9.17) is 9.47 Å². The van der Waals surface area contributed by atoms with E-state index in [9.17, 15) is 0 Å². The van der Waals surface area contributed by atoms with Gasteiger partial charge in [0.15, 0.2) is 0 Å². The second kappa shape index (κ2) is 7.89. The summed E-state index contributed by atoms with van der Waals surface area (Å²) in [6, 6.07) is 6.67. The Morgan fingerprint density at radius 3 is 2.96 bits per heavy atom. The van der Waals surface area contributed by atoms with Gasteiger partial charge in [-0.1, -0.05) is 6.07 Å². The normalized spacial score (nSPS) is 18.4. The summed E-state index contributed by atoms with van der Waals surface area (Å²) in [6.07, 6.45) is 6.13. The van der Waals surface area contributed by atoms with E-state index in [0.29, 0.717) is 0 Å². The number of nitrogens with one attached hydrogen (secondary N) is 1. The molecule has 6 nitrogen and oxygen atoms in total. The van der Waals surface area contributed by atoms with Crippen LogP contribution in [0.25, 0.3) is 0 Å². The van der Waals surface area contributed by atoms with Gasteiger partial charge in [0.1, 0.15) is 11.5 Å². The van der Waals surface area contributed by atoms with E-state index in [1.165, 1.54) is 11.1 Å². The molecule has 1 aliphatic heterocycles. The van der Waals surface area contributed by atoms with E-state index in [-0.39, 0.29) is 12.1 Å². The molecule has 0 spiro atoms. The molecule has 0 saturated heterocycles. The maximum absolute atomic E-state index is 5.92. The number of aryl methyl sites for hydroxylation is 1. The Hall–Kier alpha value is -2.05. The molecule has 0 saturated carbocycles. The van der Waals surface area contributed by atoms with Crippen LogP contribution >= 0.6 is 0 Å². The van der Waals surface area contributed by atoms with Crippen LogP contribution in [0.1, 0.15) is 36.1 Å². The van der Waals surface area contributed by atoms with Crippen LogP contribution in [0.2, 0.25) is 0 Å². The van der Waals surface area contributed by atoms with Gasteiger partial charge < -0.3 is 19.7 Å². The van der Waals surface area contributed by atoms with Crippen molar-refractivity contribution in [3.8, 4) is 11.5 Å². The lowest BCUT2D eigenvalue weighted by atomic mass is 10.0. The standard InChI is InChI=1S/C19H28N4O2/c1-22(2)18(14-11-21-23(3)13-14)12-20-17-6-5-9-25-19-10-15(24-4)7-8-16(17)19/h7-8,10-11,13,17-18,20H,5-6,9,12H2,1-4H3/t17-,18-/m1/s1. The predicted octanol–water partition coefficient (Wildman–Crippen LogP) is 2.53. The van der Waals surface area contributed by atoms with E-state index in [1.54, 1.807) is 7.11 Å². The van der Waals surface area contributed by atoms with Gasteiger partial charge in [-0.25, -0.2) is 0 Å². The second-order valence-electron chi connectivity index (χ2n) is 6.78. The van der Waals surface area contributed by atoms with Crippen molar-refractivity contribution in [3.05, 3.63) is 41.7 Å². The van der Waals surface area contributed by atoms with Crippen LogP contribution in [-0.2, 0) is 7.05 Å². The van der Waals surface area contributed by atoms with E-state index in [0.717, 1.165) is 37.5 Å². The van der Waals surface area contributed by atoms with Crippen LogP contribution in [0.4, 0.5) is 0 Å². The molecule has 1 aromatic heterocycles. The molecule has 3 rings (SSSR count). The summed E-state index contributed by atoms with van der Waals surface area (Å²) in [5.74, 6) is 1.76. The van der Waals surface area contributed by atoms with Gasteiger partial charge in [0, 0.05) is 49.1 Å². The summed E-state index contributed by atoms with van der Waals surface area (Å²) in [5, 5.41) is 8.06. The summed E-state index contributed by atoms with van der Waals surface area (Å²) in [4.78, 5) is 2.23. The first kappa shape index (κ1) is 17.8. The molecule has 2 atom stereocenters. The molecule has 1 aromatic carbocycles. The largest absolute Gasteiger partial charge is 0.497 e. The highest BCUT2D eigenvalue weighted by molar-refractivity contribution is 5.43. The fourth-order valence-electron chi connectivity index (χ4n) is 3.36. The quantitative estimate of drug-likeness (QED) is 0.873. The summed E-state index contributed by atoms with van der Waals surface area (Å²) < 4.78 is 13.1. The summed E-state index contributed by atoms with van der Waals surface area (Å²) in [5.41, 5.74) is 2.43. The minimum atomic E-state index is 0.277. The average Bonchev–Trinajstić information content (AvgIpc) is 2.91. The highest BCUT2D eigenvalue weighted by atomic mass is 16.5. The number of hydrogen-bond acceptors (Lipinski definition) is 5. The number of ether oxygens (including phenoxy) is 2. The third kappa shape index (κ3) is 4.14. The SMILES string of the molecule is COc1ccc2c(c1)OCCC[C@H]2NC[C@H](c1cnn(C)c1)N(C)C. The molecule has 136 valence electrons. The molecule has 0 fully saturated rings. The molecule has 2 aromatic rings. The summed E-state index contributed by atoms with van der Waals surface area (Å²) >= 11 is 0. The number of fused-ring (bicyclic) bond motifs is 1. The fourth-order valence-corrected chi connectivity index (χ4v) is 3.36. The third-order valence-electron chi connectivity index (χ3n) is 4.78. The molecule has 0 radical (unpaired) electrons. The van der Waals surface area contributed by atoms with Crippen molar-refractivity contribution >= 4 is 0 Å². The highest BCUT2D eigenvalue weighted by Crippen LogP contribution is 2.34. The summed E-state index contributed by atoms with van der Waals surface area (Å²) in [7, 11) is 7.85. The average molecular weight is 344 g/mol. The zero-order valence-electron chi connectivity index (χ0n) is 15.5. The van der Waals surface area contributed by atoms with Crippen molar-refractivity contribution in [2.45, 2.75) is 24.9 Å². The van der Waals surface area contributed by atoms with E-state index in [2.05, 4.69) is 41.7 Å². The molecule has 0 aliphatic carbocycles. The zero-order chi connectivity index (χ0) is 17.8. The van der Waals surface area contributed by atoms with Crippen LogP contribution in [0, 0.1) is 0 Å². The molecule has 25 heavy (non-hydrogen) atoms. The first-order valence-corrected chi connectivity index (χ1v) is 8.77. The number of likely N-dealkylation sites (N-methyl/N-ethyl adjacent to an activating group) is 1. The maximum atomic E-state index is 5.92. The number of rotatable bonds is 6. The van der Waals surface area contributed by atoms with Crippen molar-refractivity contribution in [2.24, 2.45) is 7.05 Å². The molecule has 0 bridgehead atoms. The lowest BCUT2D eigenvalue weighted by Gasteiger charge is -2.27. The highest BCUT2D eigenvalue weighted by Gasteiger charge is 2.23. The van der Waals surface area contributed by atoms with Crippen LogP contribution in [0.5, 0.6) is 11.5 Å². The predicted molar refractivity (Wildman–Crippen MR) is 98.1 cm³/mol. The molecule has 1 aliphatic rings. The molecular formula is C19H28N4O2. The van der Waals surface area contributed by atoms with Gasteiger partial charge in [0.05, 0.1) is 19.9 Å².